The summed E-state index contributed by atoms with van der Waals surface area (Å²) in [5.41, 5.74) is 5.61. The highest BCUT2D eigenvalue weighted by Gasteiger charge is 2.44. The van der Waals surface area contributed by atoms with Crippen LogP contribution in [0.3, 0.4) is 0 Å². The summed E-state index contributed by atoms with van der Waals surface area (Å²) >= 11 is 1.61. The van der Waals surface area contributed by atoms with Gasteiger partial charge in [-0.3, -0.25) is 9.55 Å². The van der Waals surface area contributed by atoms with E-state index in [2.05, 4.69) is 15.0 Å². The second-order valence-electron chi connectivity index (χ2n) is 4.99. The number of nitrogens with one attached hydrogen (secondary N) is 1. The third-order valence-electron chi connectivity index (χ3n) is 3.57. The molecular weight excluding hydrogens is 310 g/mol. The van der Waals surface area contributed by atoms with E-state index in [0.717, 1.165) is 5.75 Å². The van der Waals surface area contributed by atoms with Crippen LogP contribution < -0.4 is 11.4 Å². The second-order valence-corrected chi connectivity index (χ2v) is 6.30. The third kappa shape index (κ3) is 2.47. The topological polar surface area (TPSA) is 139 Å². The maximum absolute atomic E-state index is 11.5. The van der Waals surface area contributed by atoms with Gasteiger partial charge in [0.25, 0.3) is 0 Å². The molecule has 0 radical (unpaired) electrons. The van der Waals surface area contributed by atoms with Gasteiger partial charge in [0.1, 0.15) is 23.5 Å². The van der Waals surface area contributed by atoms with E-state index in [1.54, 1.807) is 11.8 Å². The Labute approximate surface area is 129 Å². The average Bonchev–Trinajstić information content (AvgIpc) is 3.00. The second kappa shape index (κ2) is 5.88. The number of thioether (sulfide) groups is 1. The van der Waals surface area contributed by atoms with Gasteiger partial charge < -0.3 is 20.7 Å². The smallest absolute Gasteiger partial charge is 0.348 e. The number of rotatable bonds is 4. The summed E-state index contributed by atoms with van der Waals surface area (Å²) in [7, 11) is 0. The first-order valence-electron chi connectivity index (χ1n) is 6.84. The predicted molar refractivity (Wildman–Crippen MR) is 81.5 cm³/mol. The highest BCUT2D eigenvalue weighted by Crippen LogP contribution is 2.32. The Morgan fingerprint density at radius 1 is 1.50 bits per heavy atom. The number of aromatic amines is 1. The molecule has 0 unspecified atom stereocenters. The van der Waals surface area contributed by atoms with Crippen molar-refractivity contribution >= 4 is 28.7 Å². The van der Waals surface area contributed by atoms with Crippen molar-refractivity contribution in [2.24, 2.45) is 0 Å². The van der Waals surface area contributed by atoms with Crippen molar-refractivity contribution in [3.63, 3.8) is 0 Å². The fourth-order valence-corrected chi connectivity index (χ4v) is 3.21. The minimum atomic E-state index is -1.14. The molecule has 9 nitrogen and oxygen atoms in total. The molecule has 0 spiro atoms. The fraction of sp³-hybridized carbons (Fsp3) is 0.583. The van der Waals surface area contributed by atoms with Crippen molar-refractivity contribution < 1.29 is 14.9 Å². The Kier molecular flexibility index (Phi) is 4.08. The van der Waals surface area contributed by atoms with Crippen LogP contribution in [-0.4, -0.2) is 59.5 Å². The number of aliphatic hydroxyl groups is 2. The molecule has 3 heterocycles. The third-order valence-corrected chi connectivity index (χ3v) is 4.54. The first-order valence-corrected chi connectivity index (χ1v) is 8.00. The molecule has 0 aliphatic carbocycles. The number of aromatic nitrogens is 4. The summed E-state index contributed by atoms with van der Waals surface area (Å²) in [4.78, 5) is 21.7. The molecule has 1 aliphatic rings. The van der Waals surface area contributed by atoms with Gasteiger partial charge in [-0.1, -0.05) is 6.92 Å². The van der Waals surface area contributed by atoms with E-state index in [9.17, 15) is 15.0 Å². The molecule has 5 N–H and O–H groups in total. The van der Waals surface area contributed by atoms with Crippen LogP contribution >= 0.6 is 11.8 Å². The molecule has 22 heavy (non-hydrogen) atoms. The van der Waals surface area contributed by atoms with Crippen LogP contribution in [0.5, 0.6) is 0 Å². The quantitative estimate of drug-likeness (QED) is 0.565. The van der Waals surface area contributed by atoms with Crippen LogP contribution in [-0.2, 0) is 4.74 Å². The van der Waals surface area contributed by atoms with E-state index in [4.69, 9.17) is 10.5 Å². The number of hydrogen-bond acceptors (Lipinski definition) is 8. The lowest BCUT2D eigenvalue weighted by Crippen LogP contribution is -2.32. The maximum atomic E-state index is 11.5. The number of H-pyrrole nitrogens is 1. The van der Waals surface area contributed by atoms with Gasteiger partial charge >= 0.3 is 5.69 Å². The number of nitrogens with two attached hydrogens (primary N) is 1. The van der Waals surface area contributed by atoms with Crippen molar-refractivity contribution in [3.05, 3.63) is 16.8 Å². The molecule has 2 aromatic rings. The number of hydrogen-bond donors (Lipinski definition) is 4. The Bertz CT molecular complexity index is 732. The van der Waals surface area contributed by atoms with Crippen molar-refractivity contribution in [2.45, 2.75) is 31.5 Å². The molecule has 120 valence electrons. The summed E-state index contributed by atoms with van der Waals surface area (Å²) in [5, 5.41) is 20.3. The van der Waals surface area contributed by atoms with E-state index in [0.29, 0.717) is 11.3 Å². The Morgan fingerprint density at radius 2 is 2.27 bits per heavy atom. The SMILES string of the molecule is CCSC[C@H]1O[C@@H](n2cnc3c(N)[nH]c(=O)nc32)[C@H](O)[C@@H]1O. The van der Waals surface area contributed by atoms with E-state index in [1.165, 1.54) is 10.9 Å². The molecule has 0 saturated carbocycles. The summed E-state index contributed by atoms with van der Waals surface area (Å²) in [6.45, 7) is 2.00. The first kappa shape index (κ1) is 15.3. The van der Waals surface area contributed by atoms with Crippen molar-refractivity contribution in [1.82, 2.24) is 19.5 Å². The van der Waals surface area contributed by atoms with Crippen molar-refractivity contribution in [3.8, 4) is 0 Å². The number of anilines is 1. The molecule has 0 bridgehead atoms. The first-order chi connectivity index (χ1) is 10.5. The van der Waals surface area contributed by atoms with Crippen LogP contribution in [0.2, 0.25) is 0 Å². The van der Waals surface area contributed by atoms with E-state index in [1.807, 2.05) is 6.92 Å². The number of imidazole rings is 1. The molecule has 2 aromatic heterocycles. The fourth-order valence-electron chi connectivity index (χ4n) is 2.47. The zero-order chi connectivity index (χ0) is 15.9. The number of fused-ring (bicyclic) bond motifs is 1. The Hall–Kier alpha value is -1.62. The summed E-state index contributed by atoms with van der Waals surface area (Å²) in [5.74, 6) is 1.54. The molecule has 3 rings (SSSR count). The number of nitrogen functional groups attached to an aromatic ring is 1. The molecule has 0 amide bonds. The van der Waals surface area contributed by atoms with Gasteiger partial charge in [0.15, 0.2) is 11.9 Å². The van der Waals surface area contributed by atoms with Crippen LogP contribution in [0.1, 0.15) is 13.2 Å². The minimum Gasteiger partial charge on any atom is -0.387 e. The highest BCUT2D eigenvalue weighted by molar-refractivity contribution is 7.99. The van der Waals surface area contributed by atoms with Crippen molar-refractivity contribution in [2.75, 3.05) is 17.2 Å². The highest BCUT2D eigenvalue weighted by atomic mass is 32.2. The predicted octanol–water partition coefficient (Wildman–Crippen LogP) is -0.926. The molecule has 0 aromatic carbocycles. The molecule has 1 aliphatic heterocycles. The van der Waals surface area contributed by atoms with Gasteiger partial charge in [-0.25, -0.2) is 9.78 Å². The van der Waals surface area contributed by atoms with Gasteiger partial charge in [0.05, 0.1) is 12.4 Å². The Morgan fingerprint density at radius 3 is 3.00 bits per heavy atom. The van der Waals surface area contributed by atoms with E-state index in [-0.39, 0.29) is 11.5 Å². The largest absolute Gasteiger partial charge is 0.387 e. The van der Waals surface area contributed by atoms with Crippen molar-refractivity contribution in [1.29, 1.82) is 0 Å². The van der Waals surface area contributed by atoms with Crippen LogP contribution in [0, 0.1) is 0 Å². The van der Waals surface area contributed by atoms with E-state index >= 15 is 0 Å². The maximum Gasteiger partial charge on any atom is 0.348 e. The minimum absolute atomic E-state index is 0.0971. The van der Waals surface area contributed by atoms with Gasteiger partial charge in [-0.15, -0.1) is 0 Å². The monoisotopic (exact) mass is 327 g/mol. The molecule has 1 fully saturated rings. The lowest BCUT2D eigenvalue weighted by atomic mass is 10.1. The normalized spacial score (nSPS) is 28.5. The van der Waals surface area contributed by atoms with Crippen LogP contribution in [0.25, 0.3) is 11.2 Å². The van der Waals surface area contributed by atoms with Gasteiger partial charge in [-0.2, -0.15) is 16.7 Å². The number of ether oxygens (including phenoxy) is 1. The lowest BCUT2D eigenvalue weighted by molar-refractivity contribution is -0.0289. The Balaban J connectivity index is 1.96. The summed E-state index contributed by atoms with van der Waals surface area (Å²) < 4.78 is 7.15. The molecular formula is C12H17N5O4S. The lowest BCUT2D eigenvalue weighted by Gasteiger charge is -2.16. The van der Waals surface area contributed by atoms with E-state index < -0.39 is 30.2 Å². The number of nitrogens with zero attached hydrogens (tertiary/aromatic N) is 3. The zero-order valence-electron chi connectivity index (χ0n) is 11.8. The zero-order valence-corrected chi connectivity index (χ0v) is 12.7. The molecule has 10 heteroatoms. The molecule has 1 saturated heterocycles. The van der Waals surface area contributed by atoms with Gasteiger partial charge in [-0.05, 0) is 5.75 Å². The molecule has 4 atom stereocenters. The number of aliphatic hydroxyl groups excluding tert-OH is 2. The van der Waals surface area contributed by atoms with Gasteiger partial charge in [0.2, 0.25) is 0 Å². The van der Waals surface area contributed by atoms with Gasteiger partial charge in [0, 0.05) is 5.75 Å². The van der Waals surface area contributed by atoms with Crippen LogP contribution in [0.15, 0.2) is 11.1 Å². The van der Waals surface area contributed by atoms with Crippen LogP contribution in [0.4, 0.5) is 5.82 Å². The standard InChI is InChI=1S/C12H17N5O4S/c1-2-22-3-5-7(18)8(19)11(21-5)17-4-14-6-9(13)15-12(20)16-10(6)17/h4-5,7-8,11,18-19H,2-3H2,1H3,(H3,13,15,16,20)/t5-,7-,8-,11-/m1/s1. The summed E-state index contributed by atoms with van der Waals surface area (Å²) in [6.07, 6.45) is -2.13. The average molecular weight is 327 g/mol. The summed E-state index contributed by atoms with van der Waals surface area (Å²) in [6, 6.07) is 0.